The molecule has 2 rings (SSSR count). The Bertz CT molecular complexity index is 787. The largest absolute Gasteiger partial charge is 0.399 e. The zero-order chi connectivity index (χ0) is 15.8. The van der Waals surface area contributed by atoms with E-state index in [9.17, 15) is 8.42 Å². The zero-order valence-corrected chi connectivity index (χ0v) is 15.0. The lowest BCUT2D eigenvalue weighted by atomic mass is 10.3. The predicted octanol–water partition coefficient (Wildman–Crippen LogP) is 2.40. The Kier molecular flexibility index (Phi) is 4.49. The molecule has 7 nitrogen and oxygen atoms in total. The van der Waals surface area contributed by atoms with Gasteiger partial charge in [0.05, 0.1) is 11.4 Å². The summed E-state index contributed by atoms with van der Waals surface area (Å²) in [7, 11) is -3.89. The number of aromatic nitrogens is 3. The van der Waals surface area contributed by atoms with Gasteiger partial charge in [0.2, 0.25) is 0 Å². The maximum absolute atomic E-state index is 12.4. The maximum atomic E-state index is 12.4. The summed E-state index contributed by atoms with van der Waals surface area (Å²) < 4.78 is 27.8. The van der Waals surface area contributed by atoms with E-state index >= 15 is 0 Å². The molecule has 0 saturated heterocycles. The van der Waals surface area contributed by atoms with Gasteiger partial charge in [-0.05, 0) is 57.8 Å². The van der Waals surface area contributed by atoms with E-state index in [1.54, 1.807) is 13.8 Å². The first-order chi connectivity index (χ1) is 9.70. The van der Waals surface area contributed by atoms with E-state index in [1.807, 2.05) is 0 Å². The molecular formula is C11H11Br2N5O2S. The summed E-state index contributed by atoms with van der Waals surface area (Å²) in [6.45, 7) is 3.46. The number of nitrogens with two attached hydrogens (primary N) is 1. The van der Waals surface area contributed by atoms with Crippen LogP contribution in [-0.4, -0.2) is 23.6 Å². The molecule has 0 aliphatic carbocycles. The van der Waals surface area contributed by atoms with Crippen molar-refractivity contribution < 1.29 is 8.42 Å². The third-order valence-corrected chi connectivity index (χ3v) is 5.81. The normalized spacial score (nSPS) is 11.4. The van der Waals surface area contributed by atoms with Crippen molar-refractivity contribution in [2.24, 2.45) is 0 Å². The van der Waals surface area contributed by atoms with Gasteiger partial charge in [0, 0.05) is 14.6 Å². The lowest BCUT2D eigenvalue weighted by Gasteiger charge is -2.11. The standard InChI is InChI=1S/C11H11Br2N5O2S/c1-5-6(2)16-17-11(15-5)18-21(19,20)10-8(12)3-7(14)4-9(10)13/h3-4H,14H2,1-2H3,(H,15,17,18). The van der Waals surface area contributed by atoms with Gasteiger partial charge in [-0.3, -0.25) is 0 Å². The van der Waals surface area contributed by atoms with E-state index in [-0.39, 0.29) is 10.8 Å². The summed E-state index contributed by atoms with van der Waals surface area (Å²) in [5, 5.41) is 7.55. The first kappa shape index (κ1) is 16.1. The number of nitrogens with zero attached hydrogens (tertiary/aromatic N) is 3. The highest BCUT2D eigenvalue weighted by Crippen LogP contribution is 2.33. The second-order valence-electron chi connectivity index (χ2n) is 4.23. The van der Waals surface area contributed by atoms with E-state index < -0.39 is 10.0 Å². The van der Waals surface area contributed by atoms with Crippen LogP contribution in [0.4, 0.5) is 11.6 Å². The van der Waals surface area contributed by atoms with Gasteiger partial charge in [-0.2, -0.15) is 5.10 Å². The molecule has 0 radical (unpaired) electrons. The number of nitrogens with one attached hydrogen (secondary N) is 1. The number of anilines is 2. The van der Waals surface area contributed by atoms with Crippen LogP contribution >= 0.6 is 31.9 Å². The molecule has 0 spiro atoms. The number of hydrogen-bond acceptors (Lipinski definition) is 6. The van der Waals surface area contributed by atoms with Gasteiger partial charge in [0.15, 0.2) is 0 Å². The minimum Gasteiger partial charge on any atom is -0.399 e. The van der Waals surface area contributed by atoms with Gasteiger partial charge in [-0.1, -0.05) is 0 Å². The van der Waals surface area contributed by atoms with Crippen LogP contribution in [0.25, 0.3) is 0 Å². The summed E-state index contributed by atoms with van der Waals surface area (Å²) >= 11 is 6.38. The van der Waals surface area contributed by atoms with Crippen molar-refractivity contribution in [2.75, 3.05) is 10.5 Å². The SMILES string of the molecule is Cc1nnc(NS(=O)(=O)c2c(Br)cc(N)cc2Br)nc1C. The Balaban J connectivity index is 2.46. The van der Waals surface area contributed by atoms with E-state index in [1.165, 1.54) is 12.1 Å². The van der Waals surface area contributed by atoms with Crippen LogP contribution in [0.3, 0.4) is 0 Å². The molecular weight excluding hydrogens is 426 g/mol. The first-order valence-electron chi connectivity index (χ1n) is 5.66. The number of hydrogen-bond donors (Lipinski definition) is 2. The van der Waals surface area contributed by atoms with Crippen molar-refractivity contribution in [3.63, 3.8) is 0 Å². The van der Waals surface area contributed by atoms with Gasteiger partial charge >= 0.3 is 0 Å². The van der Waals surface area contributed by atoms with Crippen LogP contribution in [0.15, 0.2) is 26.0 Å². The quantitative estimate of drug-likeness (QED) is 0.714. The summed E-state index contributed by atoms with van der Waals surface area (Å²) in [5.74, 6) is -0.0891. The second-order valence-corrected chi connectivity index (χ2v) is 7.55. The molecule has 1 aromatic heterocycles. The highest BCUT2D eigenvalue weighted by molar-refractivity contribution is 9.11. The van der Waals surface area contributed by atoms with Gasteiger partial charge in [0.25, 0.3) is 16.0 Å². The molecule has 2 aromatic rings. The Labute approximate surface area is 138 Å². The molecule has 1 heterocycles. The van der Waals surface area contributed by atoms with Gasteiger partial charge in [0.1, 0.15) is 4.90 Å². The van der Waals surface area contributed by atoms with E-state index in [2.05, 4.69) is 51.8 Å². The topological polar surface area (TPSA) is 111 Å². The van der Waals surface area contributed by atoms with Gasteiger partial charge in [-0.15, -0.1) is 5.10 Å². The van der Waals surface area contributed by atoms with Crippen molar-refractivity contribution in [3.8, 4) is 0 Å². The summed E-state index contributed by atoms with van der Waals surface area (Å²) in [5.41, 5.74) is 7.31. The fourth-order valence-electron chi connectivity index (χ4n) is 1.51. The molecule has 0 unspecified atom stereocenters. The van der Waals surface area contributed by atoms with Crippen LogP contribution in [0, 0.1) is 13.8 Å². The minimum absolute atomic E-state index is 0.0125. The molecule has 0 saturated carbocycles. The highest BCUT2D eigenvalue weighted by Gasteiger charge is 2.23. The molecule has 0 fully saturated rings. The molecule has 112 valence electrons. The Morgan fingerprint density at radius 3 is 2.19 bits per heavy atom. The van der Waals surface area contributed by atoms with Crippen LogP contribution < -0.4 is 10.5 Å². The van der Waals surface area contributed by atoms with Crippen LogP contribution in [0.1, 0.15) is 11.4 Å². The Hall–Kier alpha value is -1.26. The third-order valence-electron chi connectivity index (χ3n) is 2.61. The van der Waals surface area contributed by atoms with Crippen LogP contribution in [0.2, 0.25) is 0 Å². The van der Waals surface area contributed by atoms with Gasteiger partial charge < -0.3 is 5.73 Å². The molecule has 0 atom stereocenters. The van der Waals surface area contributed by atoms with Crippen molar-refractivity contribution in [1.82, 2.24) is 15.2 Å². The number of nitrogen functional groups attached to an aromatic ring is 1. The summed E-state index contributed by atoms with van der Waals surface area (Å²) in [6, 6.07) is 3.00. The number of benzene rings is 1. The summed E-state index contributed by atoms with van der Waals surface area (Å²) in [6.07, 6.45) is 0. The number of aryl methyl sites for hydroxylation is 2. The number of sulfonamides is 1. The monoisotopic (exact) mass is 435 g/mol. The van der Waals surface area contributed by atoms with E-state index in [0.29, 0.717) is 26.0 Å². The molecule has 0 aliphatic rings. The Morgan fingerprint density at radius 2 is 1.67 bits per heavy atom. The third kappa shape index (κ3) is 3.50. The van der Waals surface area contributed by atoms with E-state index in [4.69, 9.17) is 5.73 Å². The van der Waals surface area contributed by atoms with Crippen molar-refractivity contribution >= 4 is 53.5 Å². The molecule has 0 bridgehead atoms. The smallest absolute Gasteiger partial charge is 0.266 e. The zero-order valence-electron chi connectivity index (χ0n) is 11.1. The number of rotatable bonds is 3. The first-order valence-corrected chi connectivity index (χ1v) is 8.73. The average Bonchev–Trinajstić information content (AvgIpc) is 2.31. The lowest BCUT2D eigenvalue weighted by molar-refractivity contribution is 0.599. The maximum Gasteiger partial charge on any atom is 0.266 e. The highest BCUT2D eigenvalue weighted by atomic mass is 79.9. The van der Waals surface area contributed by atoms with Gasteiger partial charge in [-0.25, -0.2) is 18.1 Å². The van der Waals surface area contributed by atoms with Crippen molar-refractivity contribution in [2.45, 2.75) is 18.7 Å². The van der Waals surface area contributed by atoms with Crippen molar-refractivity contribution in [3.05, 3.63) is 32.5 Å². The molecule has 1 aromatic carbocycles. The van der Waals surface area contributed by atoms with E-state index in [0.717, 1.165) is 0 Å². The molecule has 0 aliphatic heterocycles. The molecule has 0 amide bonds. The van der Waals surface area contributed by atoms with Crippen molar-refractivity contribution in [1.29, 1.82) is 0 Å². The number of halogens is 2. The second kappa shape index (κ2) is 5.85. The van der Waals surface area contributed by atoms with Crippen LogP contribution in [-0.2, 0) is 10.0 Å². The molecule has 3 N–H and O–H groups in total. The van der Waals surface area contributed by atoms with Crippen LogP contribution in [0.5, 0.6) is 0 Å². The lowest BCUT2D eigenvalue weighted by Crippen LogP contribution is -2.17. The predicted molar refractivity (Wildman–Crippen MR) is 86.4 cm³/mol. The average molecular weight is 437 g/mol. The fourth-order valence-corrected chi connectivity index (χ4v) is 5.07. The fraction of sp³-hybridized carbons (Fsp3) is 0.182. The minimum atomic E-state index is -3.89. The summed E-state index contributed by atoms with van der Waals surface area (Å²) in [4.78, 5) is 4.05. The Morgan fingerprint density at radius 1 is 1.10 bits per heavy atom. The molecule has 10 heteroatoms. The molecule has 21 heavy (non-hydrogen) atoms.